The molecule has 0 fully saturated rings. The molecule has 0 heterocycles. The van der Waals surface area contributed by atoms with Crippen LogP contribution in [0.3, 0.4) is 0 Å². The second-order valence-corrected chi connectivity index (χ2v) is 3.10. The number of benzene rings is 1. The second kappa shape index (κ2) is 6.05. The molecule has 0 unspecified atom stereocenters. The van der Waals surface area contributed by atoms with Crippen molar-refractivity contribution >= 4 is 5.97 Å². The van der Waals surface area contributed by atoms with Crippen LogP contribution in [0.1, 0.15) is 5.56 Å². The number of hydrogen-bond donors (Lipinski definition) is 0. The standard InChI is InChI=1S/C11H12F2O3/c1-15-11(14)6-8-3-2-4-9(5-8)16-7-10(12)13/h2-5,10H,6-7H2,1H3. The van der Waals surface area contributed by atoms with Gasteiger partial charge in [0.15, 0.2) is 0 Å². The molecule has 0 N–H and O–H groups in total. The fourth-order valence-electron chi connectivity index (χ4n) is 1.14. The molecule has 0 saturated carbocycles. The smallest absolute Gasteiger partial charge is 0.309 e. The summed E-state index contributed by atoms with van der Waals surface area (Å²) in [5.74, 6) is -0.0623. The first-order valence-corrected chi connectivity index (χ1v) is 4.68. The van der Waals surface area contributed by atoms with Crippen molar-refractivity contribution in [2.75, 3.05) is 13.7 Å². The van der Waals surface area contributed by atoms with E-state index in [9.17, 15) is 13.6 Å². The Hall–Kier alpha value is -1.65. The lowest BCUT2D eigenvalue weighted by Crippen LogP contribution is -2.08. The van der Waals surface area contributed by atoms with E-state index in [1.54, 1.807) is 24.3 Å². The van der Waals surface area contributed by atoms with Crippen LogP contribution in [0.4, 0.5) is 8.78 Å². The van der Waals surface area contributed by atoms with Crippen LogP contribution in [0.2, 0.25) is 0 Å². The van der Waals surface area contributed by atoms with E-state index >= 15 is 0 Å². The fourth-order valence-corrected chi connectivity index (χ4v) is 1.14. The Kier molecular flexibility index (Phi) is 4.69. The van der Waals surface area contributed by atoms with Gasteiger partial charge in [0.2, 0.25) is 0 Å². The summed E-state index contributed by atoms with van der Waals surface area (Å²) in [5, 5.41) is 0. The molecule has 0 amide bonds. The predicted octanol–water partition coefficient (Wildman–Crippen LogP) is 2.05. The van der Waals surface area contributed by atoms with Gasteiger partial charge in [-0.3, -0.25) is 4.79 Å². The summed E-state index contributed by atoms with van der Waals surface area (Å²) in [6.45, 7) is -0.651. The molecule has 1 aromatic rings. The Morgan fingerprint density at radius 2 is 2.19 bits per heavy atom. The van der Waals surface area contributed by atoms with Crippen LogP contribution in [0.15, 0.2) is 24.3 Å². The van der Waals surface area contributed by atoms with E-state index in [0.717, 1.165) is 0 Å². The van der Waals surface area contributed by atoms with Gasteiger partial charge in [0.05, 0.1) is 13.5 Å². The number of halogens is 2. The van der Waals surface area contributed by atoms with E-state index in [4.69, 9.17) is 4.74 Å². The number of carbonyl (C=O) groups is 1. The number of hydrogen-bond acceptors (Lipinski definition) is 3. The van der Waals surface area contributed by atoms with Crippen molar-refractivity contribution in [3.63, 3.8) is 0 Å². The van der Waals surface area contributed by atoms with Gasteiger partial charge >= 0.3 is 5.97 Å². The van der Waals surface area contributed by atoms with Gasteiger partial charge in [-0.2, -0.15) is 0 Å². The molecule has 0 aromatic heterocycles. The van der Waals surface area contributed by atoms with Crippen molar-refractivity contribution in [1.29, 1.82) is 0 Å². The van der Waals surface area contributed by atoms with Crippen LogP contribution in [-0.4, -0.2) is 26.1 Å². The van der Waals surface area contributed by atoms with Gasteiger partial charge in [-0.1, -0.05) is 12.1 Å². The summed E-state index contributed by atoms with van der Waals surface area (Å²) in [6, 6.07) is 6.44. The number of methoxy groups -OCH3 is 1. The largest absolute Gasteiger partial charge is 0.488 e. The van der Waals surface area contributed by atoms with Crippen molar-refractivity contribution in [2.24, 2.45) is 0 Å². The van der Waals surface area contributed by atoms with Gasteiger partial charge in [-0.25, -0.2) is 8.78 Å². The third-order valence-corrected chi connectivity index (χ3v) is 1.85. The zero-order valence-electron chi connectivity index (χ0n) is 8.78. The number of ether oxygens (including phenoxy) is 2. The van der Waals surface area contributed by atoms with Crippen molar-refractivity contribution in [3.8, 4) is 5.75 Å². The highest BCUT2D eigenvalue weighted by atomic mass is 19.3. The maximum absolute atomic E-state index is 11.9. The molecule has 0 radical (unpaired) electrons. The van der Waals surface area contributed by atoms with E-state index in [1.165, 1.54) is 7.11 Å². The van der Waals surface area contributed by atoms with Crippen molar-refractivity contribution in [3.05, 3.63) is 29.8 Å². The molecule has 88 valence electrons. The van der Waals surface area contributed by atoms with E-state index in [2.05, 4.69) is 4.74 Å². The molecule has 1 aromatic carbocycles. The van der Waals surface area contributed by atoms with E-state index in [0.29, 0.717) is 11.3 Å². The third kappa shape index (κ3) is 4.25. The molecule has 0 atom stereocenters. The Bertz CT molecular complexity index is 353. The van der Waals surface area contributed by atoms with Gasteiger partial charge in [0, 0.05) is 0 Å². The molecular weight excluding hydrogens is 218 g/mol. The number of alkyl halides is 2. The number of esters is 1. The van der Waals surface area contributed by atoms with E-state index < -0.39 is 13.0 Å². The van der Waals surface area contributed by atoms with Crippen molar-refractivity contribution in [2.45, 2.75) is 12.8 Å². The molecule has 16 heavy (non-hydrogen) atoms. The molecule has 3 nitrogen and oxygen atoms in total. The molecule has 0 aliphatic heterocycles. The Balaban J connectivity index is 2.60. The third-order valence-electron chi connectivity index (χ3n) is 1.85. The minimum absolute atomic E-state index is 0.0996. The molecule has 0 saturated heterocycles. The molecular formula is C11H12F2O3. The van der Waals surface area contributed by atoms with Gasteiger partial charge in [0.1, 0.15) is 12.4 Å². The van der Waals surface area contributed by atoms with Gasteiger partial charge in [-0.15, -0.1) is 0 Å². The van der Waals surface area contributed by atoms with Gasteiger partial charge < -0.3 is 9.47 Å². The summed E-state index contributed by atoms with van der Waals surface area (Å²) in [6.07, 6.45) is -2.41. The van der Waals surface area contributed by atoms with Crippen LogP contribution in [0.25, 0.3) is 0 Å². The lowest BCUT2D eigenvalue weighted by atomic mass is 10.1. The van der Waals surface area contributed by atoms with Crippen LogP contribution in [0, 0.1) is 0 Å². The molecule has 0 aliphatic carbocycles. The lowest BCUT2D eigenvalue weighted by Gasteiger charge is -2.06. The number of carbonyl (C=O) groups excluding carboxylic acids is 1. The van der Waals surface area contributed by atoms with Crippen LogP contribution < -0.4 is 4.74 Å². The molecule has 0 bridgehead atoms. The zero-order chi connectivity index (χ0) is 12.0. The van der Waals surface area contributed by atoms with Crippen molar-refractivity contribution in [1.82, 2.24) is 0 Å². The summed E-state index contributed by atoms with van der Waals surface area (Å²) >= 11 is 0. The number of rotatable bonds is 5. The first kappa shape index (κ1) is 12.4. The molecule has 0 aliphatic rings. The molecule has 0 spiro atoms. The summed E-state index contributed by atoms with van der Waals surface area (Å²) < 4.78 is 33.1. The minimum Gasteiger partial charge on any atom is -0.488 e. The normalized spacial score (nSPS) is 10.2. The quantitative estimate of drug-likeness (QED) is 0.726. The topological polar surface area (TPSA) is 35.5 Å². The van der Waals surface area contributed by atoms with Crippen LogP contribution in [-0.2, 0) is 16.0 Å². The summed E-state index contributed by atoms with van der Waals surface area (Å²) in [7, 11) is 1.29. The highest BCUT2D eigenvalue weighted by molar-refractivity contribution is 5.72. The first-order valence-electron chi connectivity index (χ1n) is 4.68. The predicted molar refractivity (Wildman–Crippen MR) is 53.7 cm³/mol. The van der Waals surface area contributed by atoms with Gasteiger partial charge in [-0.05, 0) is 17.7 Å². The van der Waals surface area contributed by atoms with E-state index in [1.807, 2.05) is 0 Å². The lowest BCUT2D eigenvalue weighted by molar-refractivity contribution is -0.139. The van der Waals surface area contributed by atoms with Crippen molar-refractivity contribution < 1.29 is 23.0 Å². The Morgan fingerprint density at radius 3 is 2.81 bits per heavy atom. The highest BCUT2D eigenvalue weighted by Crippen LogP contribution is 2.14. The minimum atomic E-state index is -2.51. The maximum Gasteiger partial charge on any atom is 0.309 e. The highest BCUT2D eigenvalue weighted by Gasteiger charge is 2.06. The fraction of sp³-hybridized carbons (Fsp3) is 0.364. The molecule has 1 rings (SSSR count). The Labute approximate surface area is 92.0 Å². The average molecular weight is 230 g/mol. The second-order valence-electron chi connectivity index (χ2n) is 3.10. The summed E-state index contributed by atoms with van der Waals surface area (Å²) in [5.41, 5.74) is 0.665. The summed E-state index contributed by atoms with van der Waals surface area (Å²) in [4.78, 5) is 11.0. The monoisotopic (exact) mass is 230 g/mol. The van der Waals surface area contributed by atoms with Crippen LogP contribution in [0.5, 0.6) is 5.75 Å². The average Bonchev–Trinajstić information content (AvgIpc) is 2.26. The zero-order valence-corrected chi connectivity index (χ0v) is 8.78. The molecule has 5 heteroatoms. The Morgan fingerprint density at radius 1 is 1.44 bits per heavy atom. The maximum atomic E-state index is 11.9. The first-order chi connectivity index (χ1) is 7.61. The SMILES string of the molecule is COC(=O)Cc1cccc(OCC(F)F)c1. The van der Waals surface area contributed by atoms with Crippen LogP contribution >= 0.6 is 0 Å². The van der Waals surface area contributed by atoms with Gasteiger partial charge in [0.25, 0.3) is 6.43 Å². The van der Waals surface area contributed by atoms with E-state index in [-0.39, 0.29) is 12.4 Å².